The van der Waals surface area contributed by atoms with E-state index in [9.17, 15) is 5.11 Å². The first kappa shape index (κ1) is 9.33. The maximum atomic E-state index is 9.59. The zero-order chi connectivity index (χ0) is 11.0. The molecule has 0 atom stereocenters. The molecule has 1 fully saturated rings. The van der Waals surface area contributed by atoms with Crippen LogP contribution in [-0.4, -0.2) is 20.2 Å². The van der Waals surface area contributed by atoms with E-state index in [1.54, 1.807) is 12.3 Å². The van der Waals surface area contributed by atoms with Gasteiger partial charge in [-0.3, -0.25) is 4.98 Å². The molecule has 0 radical (unpaired) electrons. The third kappa shape index (κ3) is 1.44. The highest BCUT2D eigenvalue weighted by Crippen LogP contribution is 2.36. The van der Waals surface area contributed by atoms with E-state index < -0.39 is 0 Å². The van der Waals surface area contributed by atoms with Crippen LogP contribution in [0, 0.1) is 0 Å². The summed E-state index contributed by atoms with van der Waals surface area (Å²) in [5.41, 5.74) is 0.535. The molecule has 0 bridgehead atoms. The highest BCUT2D eigenvalue weighted by molar-refractivity contribution is 5.60. The Morgan fingerprint density at radius 2 is 2.25 bits per heavy atom. The lowest BCUT2D eigenvalue weighted by atomic mass is 9.85. The predicted molar refractivity (Wildman–Crippen MR) is 55.8 cm³/mol. The van der Waals surface area contributed by atoms with E-state index in [0.717, 1.165) is 18.7 Å². The second kappa shape index (κ2) is 3.59. The molecule has 82 valence electrons. The molecular formula is C11H11N3O2. The highest BCUT2D eigenvalue weighted by atomic mass is 16.5. The topological polar surface area (TPSA) is 72.0 Å². The van der Waals surface area contributed by atoms with E-state index in [2.05, 4.69) is 15.1 Å². The van der Waals surface area contributed by atoms with Gasteiger partial charge in [0.25, 0.3) is 5.89 Å². The molecule has 0 aromatic carbocycles. The van der Waals surface area contributed by atoms with Crippen molar-refractivity contribution in [2.24, 2.45) is 0 Å². The fourth-order valence-electron chi connectivity index (χ4n) is 1.74. The summed E-state index contributed by atoms with van der Waals surface area (Å²) in [4.78, 5) is 8.10. The molecule has 5 heteroatoms. The Bertz CT molecular complexity index is 505. The van der Waals surface area contributed by atoms with Crippen LogP contribution in [0.4, 0.5) is 0 Å². The van der Waals surface area contributed by atoms with Gasteiger partial charge < -0.3 is 9.63 Å². The molecular weight excluding hydrogens is 206 g/mol. The number of aromatic nitrogens is 3. The number of hydrogen-bond acceptors (Lipinski definition) is 5. The van der Waals surface area contributed by atoms with Gasteiger partial charge in [0, 0.05) is 12.1 Å². The lowest BCUT2D eigenvalue weighted by molar-refractivity contribution is 0.365. The summed E-state index contributed by atoms with van der Waals surface area (Å²) < 4.78 is 5.14. The van der Waals surface area contributed by atoms with Crippen LogP contribution in [0.3, 0.4) is 0 Å². The first-order valence-electron chi connectivity index (χ1n) is 5.31. The van der Waals surface area contributed by atoms with Gasteiger partial charge in [0.1, 0.15) is 5.75 Å². The normalized spacial score (nSPS) is 16.0. The number of hydrogen-bond donors (Lipinski definition) is 1. The van der Waals surface area contributed by atoms with E-state index in [1.807, 2.05) is 0 Å². The highest BCUT2D eigenvalue weighted by Gasteiger charge is 2.25. The van der Waals surface area contributed by atoms with E-state index >= 15 is 0 Å². The molecule has 0 unspecified atom stereocenters. The van der Waals surface area contributed by atoms with E-state index in [0.29, 0.717) is 17.4 Å². The average Bonchev–Trinajstić information content (AvgIpc) is 2.65. The summed E-state index contributed by atoms with van der Waals surface area (Å²) in [6.07, 6.45) is 6.43. The van der Waals surface area contributed by atoms with Crippen molar-refractivity contribution in [3.05, 3.63) is 24.3 Å². The minimum absolute atomic E-state index is 0.0614. The van der Waals surface area contributed by atoms with Gasteiger partial charge in [-0.25, -0.2) is 0 Å². The maximum absolute atomic E-state index is 9.59. The number of aromatic hydroxyl groups is 1. The second-order valence-electron chi connectivity index (χ2n) is 3.98. The quantitative estimate of drug-likeness (QED) is 0.833. The van der Waals surface area contributed by atoms with Crippen LogP contribution in [0.5, 0.6) is 5.75 Å². The van der Waals surface area contributed by atoms with Gasteiger partial charge in [-0.15, -0.1) is 0 Å². The summed E-state index contributed by atoms with van der Waals surface area (Å²) in [5.74, 6) is 1.60. The third-order valence-corrected chi connectivity index (χ3v) is 2.94. The van der Waals surface area contributed by atoms with Gasteiger partial charge in [-0.2, -0.15) is 4.98 Å². The largest absolute Gasteiger partial charge is 0.505 e. The van der Waals surface area contributed by atoms with Gasteiger partial charge in [0.2, 0.25) is 0 Å². The van der Waals surface area contributed by atoms with E-state index in [-0.39, 0.29) is 5.75 Å². The van der Waals surface area contributed by atoms with Crippen molar-refractivity contribution >= 4 is 0 Å². The Morgan fingerprint density at radius 3 is 2.94 bits per heavy atom. The molecule has 3 rings (SSSR count). The van der Waals surface area contributed by atoms with Crippen molar-refractivity contribution in [2.75, 3.05) is 0 Å². The first-order chi connectivity index (χ1) is 7.84. The van der Waals surface area contributed by atoms with Crippen molar-refractivity contribution in [1.29, 1.82) is 0 Å². The number of nitrogens with zero attached hydrogens (tertiary/aromatic N) is 3. The third-order valence-electron chi connectivity index (χ3n) is 2.94. The Kier molecular flexibility index (Phi) is 2.09. The number of pyridine rings is 1. The molecule has 5 nitrogen and oxygen atoms in total. The Labute approximate surface area is 92.1 Å². The molecule has 2 heterocycles. The fourth-order valence-corrected chi connectivity index (χ4v) is 1.74. The molecule has 1 saturated carbocycles. The lowest BCUT2D eigenvalue weighted by Crippen LogP contribution is -2.10. The molecule has 1 aliphatic rings. The fraction of sp³-hybridized carbons (Fsp3) is 0.364. The smallest absolute Gasteiger partial charge is 0.261 e. The van der Waals surface area contributed by atoms with Crippen molar-refractivity contribution in [3.8, 4) is 17.2 Å². The molecule has 1 N–H and O–H groups in total. The monoisotopic (exact) mass is 217 g/mol. The van der Waals surface area contributed by atoms with Crippen molar-refractivity contribution in [1.82, 2.24) is 15.1 Å². The lowest BCUT2D eigenvalue weighted by Gasteiger charge is -2.20. The summed E-state index contributed by atoms with van der Waals surface area (Å²) in [5, 5.41) is 13.5. The van der Waals surface area contributed by atoms with E-state index in [1.165, 1.54) is 12.6 Å². The van der Waals surface area contributed by atoms with Crippen LogP contribution in [0.15, 0.2) is 23.0 Å². The molecule has 2 aromatic rings. The molecule has 2 aromatic heterocycles. The van der Waals surface area contributed by atoms with Crippen LogP contribution < -0.4 is 0 Å². The van der Waals surface area contributed by atoms with Crippen LogP contribution in [-0.2, 0) is 0 Å². The van der Waals surface area contributed by atoms with Gasteiger partial charge >= 0.3 is 0 Å². The summed E-state index contributed by atoms with van der Waals surface area (Å²) >= 11 is 0. The first-order valence-corrected chi connectivity index (χ1v) is 5.31. The summed E-state index contributed by atoms with van der Waals surface area (Å²) in [6.45, 7) is 0. The predicted octanol–water partition coefficient (Wildman–Crippen LogP) is 2.10. The summed E-state index contributed by atoms with van der Waals surface area (Å²) in [6, 6.07) is 1.66. The molecule has 1 aliphatic carbocycles. The van der Waals surface area contributed by atoms with Crippen LogP contribution in [0.2, 0.25) is 0 Å². The maximum Gasteiger partial charge on any atom is 0.261 e. The van der Waals surface area contributed by atoms with E-state index in [4.69, 9.17) is 4.52 Å². The number of rotatable bonds is 2. The minimum Gasteiger partial charge on any atom is -0.505 e. The Morgan fingerprint density at radius 1 is 1.38 bits per heavy atom. The van der Waals surface area contributed by atoms with Crippen molar-refractivity contribution in [2.45, 2.75) is 25.2 Å². The molecule has 0 aliphatic heterocycles. The average molecular weight is 217 g/mol. The standard InChI is InChI=1S/C11H11N3O2/c15-9-6-12-5-4-8(9)11-13-10(14-16-11)7-2-1-3-7/h4-7,15H,1-3H2. The second-order valence-corrected chi connectivity index (χ2v) is 3.98. The van der Waals surface area contributed by atoms with Gasteiger partial charge in [-0.1, -0.05) is 11.6 Å². The molecule has 0 amide bonds. The van der Waals surface area contributed by atoms with Crippen molar-refractivity contribution in [3.63, 3.8) is 0 Å². The molecule has 0 saturated heterocycles. The zero-order valence-electron chi connectivity index (χ0n) is 8.63. The minimum atomic E-state index is 0.0614. The SMILES string of the molecule is Oc1cnccc1-c1nc(C2CCC2)no1. The van der Waals surface area contributed by atoms with Crippen LogP contribution in [0.25, 0.3) is 11.5 Å². The van der Waals surface area contributed by atoms with Gasteiger partial charge in [-0.05, 0) is 18.9 Å². The van der Waals surface area contributed by atoms with Gasteiger partial charge in [0.05, 0.1) is 11.8 Å². The van der Waals surface area contributed by atoms with Gasteiger partial charge in [0.15, 0.2) is 5.82 Å². The molecule has 16 heavy (non-hydrogen) atoms. The summed E-state index contributed by atoms with van der Waals surface area (Å²) in [7, 11) is 0. The molecule has 0 spiro atoms. The van der Waals surface area contributed by atoms with Crippen LogP contribution >= 0.6 is 0 Å². The Hall–Kier alpha value is -1.91. The Balaban J connectivity index is 1.95. The zero-order valence-corrected chi connectivity index (χ0v) is 8.63. The van der Waals surface area contributed by atoms with Crippen LogP contribution in [0.1, 0.15) is 31.0 Å². The van der Waals surface area contributed by atoms with Crippen molar-refractivity contribution < 1.29 is 9.63 Å².